The van der Waals surface area contributed by atoms with E-state index in [9.17, 15) is 4.79 Å². The Hall–Kier alpha value is -1.83. The van der Waals surface area contributed by atoms with Gasteiger partial charge in [0.1, 0.15) is 0 Å². The summed E-state index contributed by atoms with van der Waals surface area (Å²) in [5, 5.41) is 3.24. The summed E-state index contributed by atoms with van der Waals surface area (Å²) in [6, 6.07) is 0. The van der Waals surface area contributed by atoms with Gasteiger partial charge < -0.3 is 5.32 Å². The number of allylic oxidation sites excluding steroid dienone is 8. The summed E-state index contributed by atoms with van der Waals surface area (Å²) in [4.78, 5) is 11.3. The lowest BCUT2D eigenvalue weighted by Crippen LogP contribution is -2.20. The van der Waals surface area contributed by atoms with Crippen molar-refractivity contribution in [2.45, 2.75) is 12.8 Å². The van der Waals surface area contributed by atoms with Gasteiger partial charge in [-0.25, -0.2) is 0 Å². The smallest absolute Gasteiger partial charge is 0.160 e. The number of hydrogen-bond donors (Lipinski definition) is 1. The third kappa shape index (κ3) is 1.30. The predicted molar refractivity (Wildman–Crippen MR) is 58.8 cm³/mol. The van der Waals surface area contributed by atoms with Gasteiger partial charge in [0.25, 0.3) is 0 Å². The van der Waals surface area contributed by atoms with Crippen LogP contribution in [0, 0.1) is 0 Å². The zero-order valence-corrected chi connectivity index (χ0v) is 8.29. The first-order chi connectivity index (χ1) is 7.34. The summed E-state index contributed by atoms with van der Waals surface area (Å²) in [7, 11) is 0. The van der Waals surface area contributed by atoms with Crippen LogP contribution in [0.2, 0.25) is 0 Å². The second-order valence-corrected chi connectivity index (χ2v) is 3.90. The standard InChI is InChI=1S/C13H11NO/c15-10-5-6-11-9(7-10)8-14-13-4-2-1-3-12(11)13/h1-2,4-6,8,14H,3,7H2. The van der Waals surface area contributed by atoms with Crippen LogP contribution < -0.4 is 5.32 Å². The largest absolute Gasteiger partial charge is 0.361 e. The van der Waals surface area contributed by atoms with Crippen molar-refractivity contribution >= 4 is 5.78 Å². The van der Waals surface area contributed by atoms with Crippen LogP contribution in [0.1, 0.15) is 12.8 Å². The Bertz CT molecular complexity index is 487. The van der Waals surface area contributed by atoms with E-state index < -0.39 is 0 Å². The number of hydrogen-bond acceptors (Lipinski definition) is 2. The number of carbonyl (C=O) groups excluding carboxylic acids is 1. The van der Waals surface area contributed by atoms with Gasteiger partial charge >= 0.3 is 0 Å². The van der Waals surface area contributed by atoms with Crippen molar-refractivity contribution in [3.63, 3.8) is 0 Å². The topological polar surface area (TPSA) is 29.1 Å². The quantitative estimate of drug-likeness (QED) is 0.644. The van der Waals surface area contributed by atoms with Gasteiger partial charge in [0.2, 0.25) is 0 Å². The van der Waals surface area contributed by atoms with E-state index in [-0.39, 0.29) is 5.78 Å². The summed E-state index contributed by atoms with van der Waals surface area (Å²) in [5.41, 5.74) is 4.81. The Kier molecular flexibility index (Phi) is 1.75. The van der Waals surface area contributed by atoms with Gasteiger partial charge in [-0.15, -0.1) is 0 Å². The molecule has 0 radical (unpaired) electrons. The maximum Gasteiger partial charge on any atom is 0.160 e. The van der Waals surface area contributed by atoms with E-state index in [4.69, 9.17) is 0 Å². The molecule has 2 heteroatoms. The van der Waals surface area contributed by atoms with Crippen molar-refractivity contribution in [1.82, 2.24) is 5.32 Å². The molecule has 3 aliphatic rings. The molecule has 0 atom stereocenters. The van der Waals surface area contributed by atoms with Gasteiger partial charge in [-0.2, -0.15) is 0 Å². The maximum atomic E-state index is 11.3. The van der Waals surface area contributed by atoms with E-state index in [1.165, 1.54) is 11.1 Å². The molecule has 1 N–H and O–H groups in total. The molecule has 15 heavy (non-hydrogen) atoms. The van der Waals surface area contributed by atoms with Crippen LogP contribution in [0.25, 0.3) is 0 Å². The predicted octanol–water partition coefficient (Wildman–Crippen LogP) is 2.14. The highest BCUT2D eigenvalue weighted by molar-refractivity contribution is 5.95. The highest BCUT2D eigenvalue weighted by Crippen LogP contribution is 2.33. The van der Waals surface area contributed by atoms with E-state index in [2.05, 4.69) is 23.5 Å². The summed E-state index contributed by atoms with van der Waals surface area (Å²) in [6.45, 7) is 0. The molecule has 1 heterocycles. The number of nitrogens with one attached hydrogen (secondary N) is 1. The summed E-state index contributed by atoms with van der Waals surface area (Å²) in [5.74, 6) is 0.186. The van der Waals surface area contributed by atoms with Gasteiger partial charge in [0.15, 0.2) is 5.78 Å². The lowest BCUT2D eigenvalue weighted by molar-refractivity contribution is -0.114. The first-order valence-corrected chi connectivity index (χ1v) is 5.12. The molecule has 0 bridgehead atoms. The molecule has 74 valence electrons. The van der Waals surface area contributed by atoms with E-state index >= 15 is 0 Å². The Labute approximate surface area is 88.4 Å². The molecule has 0 amide bonds. The highest BCUT2D eigenvalue weighted by Gasteiger charge is 2.22. The zero-order chi connectivity index (χ0) is 10.3. The van der Waals surface area contributed by atoms with Crippen molar-refractivity contribution in [2.24, 2.45) is 0 Å². The summed E-state index contributed by atoms with van der Waals surface area (Å²) >= 11 is 0. The van der Waals surface area contributed by atoms with Gasteiger partial charge in [-0.05, 0) is 35.3 Å². The fourth-order valence-corrected chi connectivity index (χ4v) is 2.16. The Morgan fingerprint density at radius 2 is 2.20 bits per heavy atom. The average molecular weight is 197 g/mol. The molecule has 3 rings (SSSR count). The highest BCUT2D eigenvalue weighted by atomic mass is 16.1. The van der Waals surface area contributed by atoms with Gasteiger partial charge in [0, 0.05) is 18.3 Å². The lowest BCUT2D eigenvalue weighted by Gasteiger charge is -2.25. The fourth-order valence-electron chi connectivity index (χ4n) is 2.16. The van der Waals surface area contributed by atoms with Crippen molar-refractivity contribution in [1.29, 1.82) is 0 Å². The zero-order valence-electron chi connectivity index (χ0n) is 8.29. The first kappa shape index (κ1) is 8.48. The molecule has 0 saturated heterocycles. The van der Waals surface area contributed by atoms with Crippen LogP contribution >= 0.6 is 0 Å². The molecule has 2 aliphatic carbocycles. The Morgan fingerprint density at radius 1 is 1.27 bits per heavy atom. The van der Waals surface area contributed by atoms with E-state index in [0.717, 1.165) is 17.7 Å². The number of dihydropyridines is 1. The number of ketones is 1. The molecular formula is C13H11NO. The van der Waals surface area contributed by atoms with Gasteiger partial charge in [-0.3, -0.25) is 4.79 Å². The van der Waals surface area contributed by atoms with Crippen LogP contribution in [0.3, 0.4) is 0 Å². The first-order valence-electron chi connectivity index (χ1n) is 5.12. The molecular weight excluding hydrogens is 186 g/mol. The molecule has 0 aromatic carbocycles. The summed E-state index contributed by atoms with van der Waals surface area (Å²) < 4.78 is 0. The normalized spacial score (nSPS) is 22.8. The minimum atomic E-state index is 0.186. The monoisotopic (exact) mass is 197 g/mol. The van der Waals surface area contributed by atoms with E-state index in [1.807, 2.05) is 12.3 Å². The molecule has 1 aliphatic heterocycles. The molecule has 0 spiro atoms. The molecule has 0 saturated carbocycles. The Morgan fingerprint density at radius 3 is 3.13 bits per heavy atom. The lowest BCUT2D eigenvalue weighted by atomic mass is 9.85. The molecule has 0 unspecified atom stereocenters. The van der Waals surface area contributed by atoms with Gasteiger partial charge in [0.05, 0.1) is 0 Å². The van der Waals surface area contributed by atoms with Crippen LogP contribution in [-0.2, 0) is 4.79 Å². The number of rotatable bonds is 0. The SMILES string of the molecule is O=C1C=CC2=C3CC=CC=C3NC=C2C1. The second-order valence-electron chi connectivity index (χ2n) is 3.90. The second kappa shape index (κ2) is 3.09. The summed E-state index contributed by atoms with van der Waals surface area (Å²) in [6.07, 6.45) is 13.3. The van der Waals surface area contributed by atoms with Crippen LogP contribution in [0.4, 0.5) is 0 Å². The van der Waals surface area contributed by atoms with Crippen LogP contribution in [0.5, 0.6) is 0 Å². The number of carbonyl (C=O) groups is 1. The van der Waals surface area contributed by atoms with Gasteiger partial charge in [-0.1, -0.05) is 18.2 Å². The number of fused-ring (bicyclic) bond motifs is 2. The van der Waals surface area contributed by atoms with Crippen molar-refractivity contribution in [3.05, 3.63) is 59.0 Å². The van der Waals surface area contributed by atoms with Crippen molar-refractivity contribution in [3.8, 4) is 0 Å². The maximum absolute atomic E-state index is 11.3. The van der Waals surface area contributed by atoms with Crippen LogP contribution in [0.15, 0.2) is 59.0 Å². The van der Waals surface area contributed by atoms with Crippen LogP contribution in [-0.4, -0.2) is 5.78 Å². The molecule has 2 nitrogen and oxygen atoms in total. The average Bonchev–Trinajstić information content (AvgIpc) is 2.28. The third-order valence-electron chi connectivity index (χ3n) is 2.92. The fraction of sp³-hybridized carbons (Fsp3) is 0.154. The Balaban J connectivity index is 2.14. The van der Waals surface area contributed by atoms with E-state index in [0.29, 0.717) is 6.42 Å². The minimum Gasteiger partial charge on any atom is -0.361 e. The molecule has 0 fully saturated rings. The minimum absolute atomic E-state index is 0.186. The van der Waals surface area contributed by atoms with E-state index in [1.54, 1.807) is 6.08 Å². The van der Waals surface area contributed by atoms with Crippen molar-refractivity contribution in [2.75, 3.05) is 0 Å². The molecule has 0 aromatic rings. The third-order valence-corrected chi connectivity index (χ3v) is 2.92. The van der Waals surface area contributed by atoms with Crippen molar-refractivity contribution < 1.29 is 4.79 Å². The molecule has 0 aromatic heterocycles.